The van der Waals surface area contributed by atoms with Crippen molar-refractivity contribution in [3.63, 3.8) is 0 Å². The Balaban J connectivity index is 2.12. The number of hydrogen-bond acceptors (Lipinski definition) is 5. The molecule has 112 valence electrons. The van der Waals surface area contributed by atoms with Crippen LogP contribution >= 0.6 is 0 Å². The summed E-state index contributed by atoms with van der Waals surface area (Å²) >= 11 is 0. The molecular weight excluding hydrogens is 276 g/mol. The maximum Gasteiger partial charge on any atom is 0.312 e. The molecular formula is C13H16N4O4. The first-order valence-electron chi connectivity index (χ1n) is 6.42. The van der Waals surface area contributed by atoms with Crippen LogP contribution in [0.15, 0.2) is 22.8 Å². The highest BCUT2D eigenvalue weighted by molar-refractivity contribution is 5.79. The number of amides is 1. The molecule has 1 amide bonds. The zero-order valence-corrected chi connectivity index (χ0v) is 12.0. The molecule has 21 heavy (non-hydrogen) atoms. The van der Waals surface area contributed by atoms with Gasteiger partial charge in [0.05, 0.1) is 17.7 Å². The fourth-order valence-electron chi connectivity index (χ4n) is 2.14. The normalized spacial score (nSPS) is 12.1. The van der Waals surface area contributed by atoms with Crippen LogP contribution in [0.4, 0.5) is 5.69 Å². The van der Waals surface area contributed by atoms with Gasteiger partial charge in [0, 0.05) is 0 Å². The standard InChI is InChI=1S/C13H16N4O4/c1-8-12(17(19)20)9(2)16(15-8)10(3)13(18)14-7-11-5-4-6-21-11/h4-6,10H,7H2,1-3H3,(H,14,18)/t10-/m1/s1. The van der Waals surface area contributed by atoms with E-state index in [0.717, 1.165) is 0 Å². The van der Waals surface area contributed by atoms with E-state index in [9.17, 15) is 14.9 Å². The lowest BCUT2D eigenvalue weighted by Gasteiger charge is -2.13. The first-order chi connectivity index (χ1) is 9.91. The van der Waals surface area contributed by atoms with Crippen LogP contribution in [0.3, 0.4) is 0 Å². The number of furan rings is 1. The zero-order valence-electron chi connectivity index (χ0n) is 12.0. The van der Waals surface area contributed by atoms with E-state index in [1.807, 2.05) is 0 Å². The summed E-state index contributed by atoms with van der Waals surface area (Å²) in [6.45, 7) is 5.03. The van der Waals surface area contributed by atoms with Crippen LogP contribution in [0, 0.1) is 24.0 Å². The Morgan fingerprint density at radius 1 is 1.57 bits per heavy atom. The molecule has 0 fully saturated rings. The molecule has 8 heteroatoms. The number of aromatic nitrogens is 2. The molecule has 0 spiro atoms. The smallest absolute Gasteiger partial charge is 0.312 e. The third-order valence-electron chi connectivity index (χ3n) is 3.23. The van der Waals surface area contributed by atoms with Crippen molar-refractivity contribution in [2.75, 3.05) is 0 Å². The summed E-state index contributed by atoms with van der Waals surface area (Å²) in [6, 6.07) is 2.83. The van der Waals surface area contributed by atoms with Gasteiger partial charge in [-0.3, -0.25) is 19.6 Å². The van der Waals surface area contributed by atoms with Crippen molar-refractivity contribution in [3.8, 4) is 0 Å². The molecule has 0 aliphatic carbocycles. The Bertz CT molecular complexity index is 660. The maximum atomic E-state index is 12.1. The highest BCUT2D eigenvalue weighted by atomic mass is 16.6. The van der Waals surface area contributed by atoms with Crippen LogP contribution in [0.25, 0.3) is 0 Å². The summed E-state index contributed by atoms with van der Waals surface area (Å²) in [4.78, 5) is 22.6. The van der Waals surface area contributed by atoms with Crippen LogP contribution in [0.1, 0.15) is 30.1 Å². The average Bonchev–Trinajstić information content (AvgIpc) is 3.03. The Morgan fingerprint density at radius 2 is 2.29 bits per heavy atom. The second kappa shape index (κ2) is 5.78. The zero-order chi connectivity index (χ0) is 15.6. The summed E-state index contributed by atoms with van der Waals surface area (Å²) in [7, 11) is 0. The van der Waals surface area contributed by atoms with E-state index >= 15 is 0 Å². The van der Waals surface area contributed by atoms with E-state index in [0.29, 0.717) is 17.1 Å². The van der Waals surface area contributed by atoms with Gasteiger partial charge in [-0.05, 0) is 32.9 Å². The van der Waals surface area contributed by atoms with Gasteiger partial charge in [-0.1, -0.05) is 0 Å². The maximum absolute atomic E-state index is 12.1. The summed E-state index contributed by atoms with van der Waals surface area (Å²) in [5.74, 6) is 0.349. The second-order valence-electron chi connectivity index (χ2n) is 4.69. The van der Waals surface area contributed by atoms with Crippen molar-refractivity contribution < 1.29 is 14.1 Å². The predicted octanol–water partition coefficient (Wildman–Crippen LogP) is 1.88. The lowest BCUT2D eigenvalue weighted by Crippen LogP contribution is -2.31. The molecule has 1 atom stereocenters. The first kappa shape index (κ1) is 14.8. The fraction of sp³-hybridized carbons (Fsp3) is 0.385. The van der Waals surface area contributed by atoms with Gasteiger partial charge < -0.3 is 9.73 Å². The number of nitrogens with one attached hydrogen (secondary N) is 1. The van der Waals surface area contributed by atoms with E-state index in [1.54, 1.807) is 32.9 Å². The minimum Gasteiger partial charge on any atom is -0.467 e. The number of hydrogen-bond donors (Lipinski definition) is 1. The Kier molecular flexibility index (Phi) is 4.06. The molecule has 8 nitrogen and oxygen atoms in total. The van der Waals surface area contributed by atoms with Crippen molar-refractivity contribution in [1.29, 1.82) is 0 Å². The average molecular weight is 292 g/mol. The molecule has 0 unspecified atom stereocenters. The highest BCUT2D eigenvalue weighted by Crippen LogP contribution is 2.24. The Morgan fingerprint density at radius 3 is 2.81 bits per heavy atom. The van der Waals surface area contributed by atoms with E-state index in [2.05, 4.69) is 10.4 Å². The molecule has 0 saturated carbocycles. The van der Waals surface area contributed by atoms with E-state index in [4.69, 9.17) is 4.42 Å². The SMILES string of the molecule is Cc1nn([C@H](C)C(=O)NCc2ccco2)c(C)c1[N+](=O)[O-]. The molecule has 0 saturated heterocycles. The van der Waals surface area contributed by atoms with Gasteiger partial charge in [0.15, 0.2) is 0 Å². The van der Waals surface area contributed by atoms with Crippen molar-refractivity contribution in [2.24, 2.45) is 0 Å². The molecule has 0 radical (unpaired) electrons. The van der Waals surface area contributed by atoms with E-state index < -0.39 is 11.0 Å². The van der Waals surface area contributed by atoms with Gasteiger partial charge in [0.25, 0.3) is 0 Å². The monoisotopic (exact) mass is 292 g/mol. The van der Waals surface area contributed by atoms with Gasteiger partial charge in [-0.15, -0.1) is 0 Å². The molecule has 0 aliphatic rings. The lowest BCUT2D eigenvalue weighted by molar-refractivity contribution is -0.386. The fourth-order valence-corrected chi connectivity index (χ4v) is 2.14. The molecule has 2 aromatic heterocycles. The second-order valence-corrected chi connectivity index (χ2v) is 4.69. The van der Waals surface area contributed by atoms with Crippen LogP contribution in [-0.2, 0) is 11.3 Å². The Labute approximate surface area is 120 Å². The van der Waals surface area contributed by atoms with Crippen LogP contribution in [0.5, 0.6) is 0 Å². The number of nitro groups is 1. The van der Waals surface area contributed by atoms with Gasteiger partial charge in [-0.25, -0.2) is 0 Å². The van der Waals surface area contributed by atoms with Crippen molar-refractivity contribution >= 4 is 11.6 Å². The summed E-state index contributed by atoms with van der Waals surface area (Å²) in [5, 5.41) is 17.8. The lowest BCUT2D eigenvalue weighted by atomic mass is 10.2. The molecule has 2 heterocycles. The number of nitrogens with zero attached hydrogens (tertiary/aromatic N) is 3. The molecule has 0 aliphatic heterocycles. The number of carbonyl (C=O) groups excluding carboxylic acids is 1. The highest BCUT2D eigenvalue weighted by Gasteiger charge is 2.26. The quantitative estimate of drug-likeness (QED) is 0.669. The van der Waals surface area contributed by atoms with Crippen molar-refractivity contribution in [2.45, 2.75) is 33.4 Å². The number of rotatable bonds is 5. The molecule has 0 aromatic carbocycles. The van der Waals surface area contributed by atoms with Crippen LogP contribution in [0.2, 0.25) is 0 Å². The van der Waals surface area contributed by atoms with Gasteiger partial charge in [0.1, 0.15) is 23.2 Å². The molecule has 2 aromatic rings. The predicted molar refractivity (Wildman–Crippen MR) is 73.6 cm³/mol. The van der Waals surface area contributed by atoms with E-state index in [1.165, 1.54) is 10.9 Å². The van der Waals surface area contributed by atoms with Gasteiger partial charge in [-0.2, -0.15) is 5.10 Å². The Hall–Kier alpha value is -2.64. The third-order valence-corrected chi connectivity index (χ3v) is 3.23. The topological polar surface area (TPSA) is 103 Å². The number of carbonyl (C=O) groups is 1. The minimum absolute atomic E-state index is 0.0549. The minimum atomic E-state index is -0.646. The summed E-state index contributed by atoms with van der Waals surface area (Å²) in [6.07, 6.45) is 1.52. The van der Waals surface area contributed by atoms with Gasteiger partial charge in [0.2, 0.25) is 5.91 Å². The van der Waals surface area contributed by atoms with Crippen LogP contribution in [-0.4, -0.2) is 20.6 Å². The largest absolute Gasteiger partial charge is 0.467 e. The summed E-state index contributed by atoms with van der Waals surface area (Å²) < 4.78 is 6.49. The summed E-state index contributed by atoms with van der Waals surface area (Å²) in [5.41, 5.74) is 0.599. The van der Waals surface area contributed by atoms with E-state index in [-0.39, 0.29) is 18.1 Å². The molecule has 0 bridgehead atoms. The third kappa shape index (κ3) is 2.93. The first-order valence-corrected chi connectivity index (χ1v) is 6.42. The molecule has 2 rings (SSSR count). The van der Waals surface area contributed by atoms with Crippen LogP contribution < -0.4 is 5.32 Å². The molecule has 1 N–H and O–H groups in total. The van der Waals surface area contributed by atoms with Crippen molar-refractivity contribution in [1.82, 2.24) is 15.1 Å². The van der Waals surface area contributed by atoms with Crippen molar-refractivity contribution in [3.05, 3.63) is 45.7 Å². The number of aryl methyl sites for hydroxylation is 1. The van der Waals surface area contributed by atoms with Gasteiger partial charge >= 0.3 is 5.69 Å².